The lowest BCUT2D eigenvalue weighted by molar-refractivity contribution is -0.133. The van der Waals surface area contributed by atoms with E-state index in [0.29, 0.717) is 25.6 Å². The van der Waals surface area contributed by atoms with E-state index in [1.54, 1.807) is 10.9 Å². The van der Waals surface area contributed by atoms with Gasteiger partial charge in [-0.3, -0.25) is 14.5 Å². The molecule has 1 aromatic carbocycles. The summed E-state index contributed by atoms with van der Waals surface area (Å²) in [5.41, 5.74) is 1.89. The predicted octanol–water partition coefficient (Wildman–Crippen LogP) is 1.23. The Morgan fingerprint density at radius 3 is 2.54 bits per heavy atom. The van der Waals surface area contributed by atoms with Crippen molar-refractivity contribution in [3.8, 4) is 5.69 Å². The minimum atomic E-state index is -0.137. The Labute approximate surface area is 165 Å². The molecule has 7 nitrogen and oxygen atoms in total. The third kappa shape index (κ3) is 4.42. The molecule has 1 N–H and O–H groups in total. The van der Waals surface area contributed by atoms with E-state index < -0.39 is 0 Å². The lowest BCUT2D eigenvalue weighted by atomic mass is 10.2. The van der Waals surface area contributed by atoms with E-state index in [1.807, 2.05) is 48.4 Å². The number of amides is 2. The molecule has 7 heteroatoms. The van der Waals surface area contributed by atoms with Crippen LogP contribution in [-0.4, -0.2) is 69.7 Å². The van der Waals surface area contributed by atoms with Gasteiger partial charge in [-0.1, -0.05) is 18.2 Å². The van der Waals surface area contributed by atoms with Gasteiger partial charge < -0.3 is 10.2 Å². The highest BCUT2D eigenvalue weighted by Gasteiger charge is 2.30. The number of carbonyl (C=O) groups excluding carboxylic acids is 2. The molecular weight excluding hydrogens is 354 g/mol. The average Bonchev–Trinajstić information content (AvgIpc) is 3.42. The molecule has 1 aliphatic heterocycles. The standard InChI is InChI=1S/C21H27N5O2/c1-16(21(28)23-18-7-8-18)24-9-11-25(12-10-24)20(27)13-17-14-22-26(15-17)19-5-3-2-4-6-19/h2-6,14-16,18H,7-13H2,1H3,(H,23,28). The number of para-hydroxylation sites is 1. The van der Waals surface area contributed by atoms with Gasteiger partial charge in [-0.05, 0) is 37.5 Å². The molecule has 28 heavy (non-hydrogen) atoms. The smallest absolute Gasteiger partial charge is 0.237 e. The molecule has 2 aromatic rings. The second kappa shape index (κ2) is 8.14. The van der Waals surface area contributed by atoms with Crippen LogP contribution in [0.5, 0.6) is 0 Å². The van der Waals surface area contributed by atoms with Crippen LogP contribution >= 0.6 is 0 Å². The van der Waals surface area contributed by atoms with Crippen molar-refractivity contribution in [3.05, 3.63) is 48.3 Å². The van der Waals surface area contributed by atoms with Crippen LogP contribution in [0.15, 0.2) is 42.7 Å². The monoisotopic (exact) mass is 381 g/mol. The van der Waals surface area contributed by atoms with Gasteiger partial charge in [-0.15, -0.1) is 0 Å². The molecule has 1 aliphatic carbocycles. The molecule has 1 unspecified atom stereocenters. The van der Waals surface area contributed by atoms with Crippen molar-refractivity contribution in [2.75, 3.05) is 26.2 Å². The number of nitrogens with one attached hydrogen (secondary N) is 1. The quantitative estimate of drug-likeness (QED) is 0.817. The minimum absolute atomic E-state index is 0.107. The van der Waals surface area contributed by atoms with Crippen molar-refractivity contribution in [2.24, 2.45) is 0 Å². The van der Waals surface area contributed by atoms with E-state index >= 15 is 0 Å². The first kappa shape index (κ1) is 18.7. The highest BCUT2D eigenvalue weighted by molar-refractivity contribution is 5.82. The Hall–Kier alpha value is -2.67. The van der Waals surface area contributed by atoms with E-state index in [1.165, 1.54) is 0 Å². The number of hydrogen-bond donors (Lipinski definition) is 1. The van der Waals surface area contributed by atoms with Crippen molar-refractivity contribution in [1.82, 2.24) is 24.9 Å². The van der Waals surface area contributed by atoms with Crippen molar-refractivity contribution < 1.29 is 9.59 Å². The summed E-state index contributed by atoms with van der Waals surface area (Å²) in [6, 6.07) is 10.1. The Kier molecular flexibility index (Phi) is 5.43. The van der Waals surface area contributed by atoms with Crippen LogP contribution in [0.25, 0.3) is 5.69 Å². The van der Waals surface area contributed by atoms with Crippen LogP contribution in [-0.2, 0) is 16.0 Å². The van der Waals surface area contributed by atoms with Crippen LogP contribution in [0.3, 0.4) is 0 Å². The van der Waals surface area contributed by atoms with Crippen LogP contribution in [0.2, 0.25) is 0 Å². The molecule has 1 saturated heterocycles. The normalized spacial score (nSPS) is 18.7. The van der Waals surface area contributed by atoms with E-state index in [-0.39, 0.29) is 17.9 Å². The summed E-state index contributed by atoms with van der Waals surface area (Å²) in [5.74, 6) is 0.220. The molecule has 1 aromatic heterocycles. The van der Waals surface area contributed by atoms with Gasteiger partial charge in [-0.2, -0.15) is 5.10 Å². The highest BCUT2D eigenvalue weighted by Crippen LogP contribution is 2.19. The molecule has 2 fully saturated rings. The van der Waals surface area contributed by atoms with Gasteiger partial charge in [0.1, 0.15) is 0 Å². The molecule has 1 atom stereocenters. The first-order valence-corrected chi connectivity index (χ1v) is 10.0. The summed E-state index contributed by atoms with van der Waals surface area (Å²) in [4.78, 5) is 28.9. The van der Waals surface area contributed by atoms with Gasteiger partial charge >= 0.3 is 0 Å². The fraction of sp³-hybridized carbons (Fsp3) is 0.476. The van der Waals surface area contributed by atoms with E-state index in [0.717, 1.165) is 37.2 Å². The molecule has 0 radical (unpaired) electrons. The zero-order valence-electron chi connectivity index (χ0n) is 16.3. The van der Waals surface area contributed by atoms with Gasteiger partial charge in [0.25, 0.3) is 0 Å². The SMILES string of the molecule is CC(C(=O)NC1CC1)N1CCN(C(=O)Cc2cnn(-c3ccccc3)c2)CC1. The molecule has 148 valence electrons. The third-order valence-corrected chi connectivity index (χ3v) is 5.53. The third-order valence-electron chi connectivity index (χ3n) is 5.53. The molecule has 4 rings (SSSR count). The van der Waals surface area contributed by atoms with Crippen molar-refractivity contribution >= 4 is 11.8 Å². The minimum Gasteiger partial charge on any atom is -0.352 e. The topological polar surface area (TPSA) is 70.5 Å². The van der Waals surface area contributed by atoms with E-state index in [2.05, 4.69) is 15.3 Å². The number of benzene rings is 1. The lowest BCUT2D eigenvalue weighted by Crippen LogP contribution is -2.55. The fourth-order valence-electron chi connectivity index (χ4n) is 3.53. The molecule has 0 spiro atoms. The van der Waals surface area contributed by atoms with Crippen LogP contribution in [0.1, 0.15) is 25.3 Å². The van der Waals surface area contributed by atoms with Crippen LogP contribution in [0.4, 0.5) is 0 Å². The van der Waals surface area contributed by atoms with Crippen molar-refractivity contribution in [2.45, 2.75) is 38.3 Å². The van der Waals surface area contributed by atoms with Crippen LogP contribution in [0, 0.1) is 0 Å². The fourth-order valence-corrected chi connectivity index (χ4v) is 3.53. The Bertz CT molecular complexity index is 822. The molecule has 1 saturated carbocycles. The molecule has 0 bridgehead atoms. The summed E-state index contributed by atoms with van der Waals surface area (Å²) in [6.07, 6.45) is 6.22. The average molecular weight is 381 g/mol. The number of piperazine rings is 1. The maximum absolute atomic E-state index is 12.7. The summed E-state index contributed by atoms with van der Waals surface area (Å²) >= 11 is 0. The van der Waals surface area contributed by atoms with Crippen molar-refractivity contribution in [3.63, 3.8) is 0 Å². The summed E-state index contributed by atoms with van der Waals surface area (Å²) < 4.78 is 1.79. The summed E-state index contributed by atoms with van der Waals surface area (Å²) in [6.45, 7) is 4.73. The predicted molar refractivity (Wildman–Crippen MR) is 106 cm³/mol. The molecular formula is C21H27N5O2. The Balaban J connectivity index is 1.27. The molecule has 2 heterocycles. The number of rotatable bonds is 6. The zero-order valence-corrected chi connectivity index (χ0v) is 16.3. The van der Waals surface area contributed by atoms with Gasteiger partial charge in [0.05, 0.1) is 24.3 Å². The molecule has 2 amide bonds. The zero-order chi connectivity index (χ0) is 19.5. The highest BCUT2D eigenvalue weighted by atomic mass is 16.2. The lowest BCUT2D eigenvalue weighted by Gasteiger charge is -2.37. The second-order valence-corrected chi connectivity index (χ2v) is 7.68. The Morgan fingerprint density at radius 1 is 1.14 bits per heavy atom. The van der Waals surface area contributed by atoms with E-state index in [9.17, 15) is 9.59 Å². The number of hydrogen-bond acceptors (Lipinski definition) is 4. The van der Waals surface area contributed by atoms with Crippen molar-refractivity contribution in [1.29, 1.82) is 0 Å². The van der Waals surface area contributed by atoms with Gasteiger partial charge in [0.2, 0.25) is 11.8 Å². The number of nitrogens with zero attached hydrogens (tertiary/aromatic N) is 4. The second-order valence-electron chi connectivity index (χ2n) is 7.68. The van der Waals surface area contributed by atoms with E-state index in [4.69, 9.17) is 0 Å². The maximum atomic E-state index is 12.7. The maximum Gasteiger partial charge on any atom is 0.237 e. The summed E-state index contributed by atoms with van der Waals surface area (Å²) in [5, 5.41) is 7.42. The Morgan fingerprint density at radius 2 is 1.86 bits per heavy atom. The number of aromatic nitrogens is 2. The first-order chi connectivity index (χ1) is 13.6. The molecule has 2 aliphatic rings. The number of carbonyl (C=O) groups is 2. The summed E-state index contributed by atoms with van der Waals surface area (Å²) in [7, 11) is 0. The van der Waals surface area contributed by atoms with Crippen LogP contribution < -0.4 is 5.32 Å². The van der Waals surface area contributed by atoms with Gasteiger partial charge in [-0.25, -0.2) is 4.68 Å². The van der Waals surface area contributed by atoms with Gasteiger partial charge in [0.15, 0.2) is 0 Å². The largest absolute Gasteiger partial charge is 0.352 e. The first-order valence-electron chi connectivity index (χ1n) is 10.0. The van der Waals surface area contributed by atoms with Gasteiger partial charge in [0, 0.05) is 38.4 Å².